The van der Waals surface area contributed by atoms with Crippen LogP contribution in [0.5, 0.6) is 0 Å². The Labute approximate surface area is 110 Å². The fourth-order valence-electron chi connectivity index (χ4n) is 1.62. The highest BCUT2D eigenvalue weighted by atomic mass is 19.1. The second-order valence-electron chi connectivity index (χ2n) is 3.91. The molecule has 4 N–H and O–H groups in total. The number of rotatable bonds is 4. The maximum absolute atomic E-state index is 13.4. The Morgan fingerprint density at radius 3 is 2.84 bits per heavy atom. The van der Waals surface area contributed by atoms with Crippen molar-refractivity contribution in [3.05, 3.63) is 59.9 Å². The van der Waals surface area contributed by atoms with Gasteiger partial charge in [0.25, 0.3) is 0 Å². The van der Waals surface area contributed by atoms with Gasteiger partial charge in [-0.2, -0.15) is 0 Å². The van der Waals surface area contributed by atoms with Gasteiger partial charge in [0.2, 0.25) is 0 Å². The number of hydrogen-bond acceptors (Lipinski definition) is 4. The van der Waals surface area contributed by atoms with E-state index in [0.717, 1.165) is 0 Å². The molecule has 1 heterocycles. The molecule has 0 atom stereocenters. The van der Waals surface area contributed by atoms with Gasteiger partial charge in [0, 0.05) is 30.6 Å². The molecule has 0 aliphatic rings. The van der Waals surface area contributed by atoms with E-state index in [0.29, 0.717) is 22.4 Å². The summed E-state index contributed by atoms with van der Waals surface area (Å²) >= 11 is 0. The molecule has 0 aliphatic carbocycles. The van der Waals surface area contributed by atoms with E-state index in [-0.39, 0.29) is 12.4 Å². The van der Waals surface area contributed by atoms with E-state index in [1.807, 2.05) is 0 Å². The average molecular weight is 259 g/mol. The molecular weight excluding hydrogens is 245 g/mol. The topological polar surface area (TPSA) is 77.5 Å². The van der Waals surface area contributed by atoms with Crippen molar-refractivity contribution in [1.29, 1.82) is 0 Å². The summed E-state index contributed by atoms with van der Waals surface area (Å²) in [5, 5.41) is 0. The fraction of sp³-hybridized carbons (Fsp3) is 0.0714. The summed E-state index contributed by atoms with van der Waals surface area (Å²) in [6.07, 6.45) is 5.95. The van der Waals surface area contributed by atoms with Gasteiger partial charge in [-0.25, -0.2) is 4.39 Å². The predicted octanol–water partition coefficient (Wildman–Crippen LogP) is 2.58. The second kappa shape index (κ2) is 5.97. The average Bonchev–Trinajstić information content (AvgIpc) is 2.92. The number of allylic oxidation sites excluding steroid dienone is 1. The van der Waals surface area contributed by atoms with Gasteiger partial charge in [-0.05, 0) is 29.3 Å². The molecule has 2 aromatic rings. The van der Waals surface area contributed by atoms with Crippen LogP contribution in [0.2, 0.25) is 0 Å². The van der Waals surface area contributed by atoms with Gasteiger partial charge in [-0.3, -0.25) is 4.99 Å². The van der Waals surface area contributed by atoms with Crippen molar-refractivity contribution >= 4 is 17.5 Å². The predicted molar refractivity (Wildman–Crippen MR) is 73.3 cm³/mol. The highest BCUT2D eigenvalue weighted by Gasteiger charge is 2.03. The van der Waals surface area contributed by atoms with Crippen molar-refractivity contribution in [2.24, 2.45) is 16.5 Å². The normalized spacial score (nSPS) is 12.2. The third kappa shape index (κ3) is 3.29. The molecule has 0 bridgehead atoms. The van der Waals surface area contributed by atoms with Gasteiger partial charge in [-0.15, -0.1) is 0 Å². The first kappa shape index (κ1) is 13.0. The molecule has 0 spiro atoms. The summed E-state index contributed by atoms with van der Waals surface area (Å²) in [6, 6.07) is 6.27. The number of benzene rings is 1. The van der Waals surface area contributed by atoms with Crippen LogP contribution in [0.3, 0.4) is 0 Å². The Morgan fingerprint density at radius 1 is 1.37 bits per heavy atom. The molecule has 2 rings (SSSR count). The SMILES string of the molecule is NC=C(C=Nc1ccoc1)c1cc(F)cc(CN)c1. The lowest BCUT2D eigenvalue weighted by Gasteiger charge is -2.05. The van der Waals surface area contributed by atoms with Crippen LogP contribution in [0.15, 0.2) is 52.4 Å². The zero-order valence-electron chi connectivity index (χ0n) is 10.2. The zero-order chi connectivity index (χ0) is 13.7. The van der Waals surface area contributed by atoms with E-state index >= 15 is 0 Å². The maximum Gasteiger partial charge on any atom is 0.124 e. The summed E-state index contributed by atoms with van der Waals surface area (Å²) in [5.74, 6) is -0.353. The molecule has 0 saturated heterocycles. The minimum Gasteiger partial charge on any atom is -0.470 e. The Kier molecular flexibility index (Phi) is 4.10. The van der Waals surface area contributed by atoms with Crippen LogP contribution in [-0.4, -0.2) is 6.21 Å². The number of nitrogens with two attached hydrogens (primary N) is 2. The summed E-state index contributed by atoms with van der Waals surface area (Å²) < 4.78 is 18.3. The lowest BCUT2D eigenvalue weighted by Crippen LogP contribution is -2.00. The van der Waals surface area contributed by atoms with Crippen molar-refractivity contribution in [1.82, 2.24) is 0 Å². The first-order valence-corrected chi connectivity index (χ1v) is 5.71. The summed E-state index contributed by atoms with van der Waals surface area (Å²) in [5.41, 5.74) is 13.7. The van der Waals surface area contributed by atoms with Gasteiger partial charge in [0.1, 0.15) is 17.8 Å². The van der Waals surface area contributed by atoms with Crippen LogP contribution in [-0.2, 0) is 6.54 Å². The second-order valence-corrected chi connectivity index (χ2v) is 3.91. The maximum atomic E-state index is 13.4. The number of halogens is 1. The van der Waals surface area contributed by atoms with Crippen molar-refractivity contribution < 1.29 is 8.81 Å². The fourth-order valence-corrected chi connectivity index (χ4v) is 1.62. The largest absolute Gasteiger partial charge is 0.470 e. The lowest BCUT2D eigenvalue weighted by molar-refractivity contribution is 0.568. The summed E-state index contributed by atoms with van der Waals surface area (Å²) in [4.78, 5) is 4.18. The molecule has 1 aromatic carbocycles. The van der Waals surface area contributed by atoms with Gasteiger partial charge in [0.05, 0.1) is 6.26 Å². The van der Waals surface area contributed by atoms with Crippen LogP contribution in [0.1, 0.15) is 11.1 Å². The highest BCUT2D eigenvalue weighted by molar-refractivity contribution is 6.10. The van der Waals surface area contributed by atoms with Crippen molar-refractivity contribution in [2.75, 3.05) is 0 Å². The molecule has 0 aliphatic heterocycles. The number of aliphatic imine (C=N–C) groups is 1. The van der Waals surface area contributed by atoms with Crippen molar-refractivity contribution in [2.45, 2.75) is 6.54 Å². The molecule has 19 heavy (non-hydrogen) atoms. The van der Waals surface area contributed by atoms with E-state index in [4.69, 9.17) is 15.9 Å². The molecular formula is C14H14FN3O. The highest BCUT2D eigenvalue weighted by Crippen LogP contribution is 2.18. The van der Waals surface area contributed by atoms with Gasteiger partial charge in [-0.1, -0.05) is 0 Å². The van der Waals surface area contributed by atoms with Gasteiger partial charge < -0.3 is 15.9 Å². The standard InChI is InChI=1S/C14H14FN3O/c15-13-4-10(6-16)3-11(5-13)12(7-17)8-18-14-1-2-19-9-14/h1-5,7-9H,6,16-17H2. The molecule has 5 heteroatoms. The summed E-state index contributed by atoms with van der Waals surface area (Å²) in [6.45, 7) is 0.265. The van der Waals surface area contributed by atoms with E-state index < -0.39 is 0 Å². The smallest absolute Gasteiger partial charge is 0.124 e. The third-order valence-corrected chi connectivity index (χ3v) is 2.57. The Hall–Kier alpha value is -2.40. The first-order valence-electron chi connectivity index (χ1n) is 5.71. The number of hydrogen-bond donors (Lipinski definition) is 2. The Morgan fingerprint density at radius 2 is 2.21 bits per heavy atom. The van der Waals surface area contributed by atoms with Crippen LogP contribution < -0.4 is 11.5 Å². The molecule has 98 valence electrons. The Balaban J connectivity index is 2.30. The van der Waals surface area contributed by atoms with E-state index in [1.54, 1.807) is 18.3 Å². The van der Waals surface area contributed by atoms with Crippen molar-refractivity contribution in [3.8, 4) is 0 Å². The number of nitrogens with zero attached hydrogens (tertiary/aromatic N) is 1. The third-order valence-electron chi connectivity index (χ3n) is 2.57. The molecule has 0 radical (unpaired) electrons. The van der Waals surface area contributed by atoms with Crippen LogP contribution in [0, 0.1) is 5.82 Å². The van der Waals surface area contributed by atoms with Gasteiger partial charge >= 0.3 is 0 Å². The van der Waals surface area contributed by atoms with E-state index in [9.17, 15) is 4.39 Å². The first-order chi connectivity index (χ1) is 9.22. The van der Waals surface area contributed by atoms with Crippen LogP contribution in [0.25, 0.3) is 5.57 Å². The molecule has 0 unspecified atom stereocenters. The Bertz CT molecular complexity index is 603. The number of furan rings is 1. The monoisotopic (exact) mass is 259 g/mol. The van der Waals surface area contributed by atoms with Crippen molar-refractivity contribution in [3.63, 3.8) is 0 Å². The molecule has 4 nitrogen and oxygen atoms in total. The lowest BCUT2D eigenvalue weighted by atomic mass is 10.0. The molecule has 0 fully saturated rings. The minimum absolute atomic E-state index is 0.265. The quantitative estimate of drug-likeness (QED) is 0.828. The van der Waals surface area contributed by atoms with E-state index in [1.165, 1.54) is 30.9 Å². The molecule has 0 saturated carbocycles. The zero-order valence-corrected chi connectivity index (χ0v) is 10.2. The van der Waals surface area contributed by atoms with Gasteiger partial charge in [0.15, 0.2) is 0 Å². The molecule has 0 amide bonds. The van der Waals surface area contributed by atoms with Crippen LogP contribution in [0.4, 0.5) is 10.1 Å². The summed E-state index contributed by atoms with van der Waals surface area (Å²) in [7, 11) is 0. The minimum atomic E-state index is -0.353. The van der Waals surface area contributed by atoms with Crippen LogP contribution >= 0.6 is 0 Å². The van der Waals surface area contributed by atoms with E-state index in [2.05, 4.69) is 4.99 Å². The molecule has 1 aromatic heterocycles.